The van der Waals surface area contributed by atoms with E-state index in [1.54, 1.807) is 12.4 Å². The molecule has 0 aliphatic carbocycles. The Bertz CT molecular complexity index is 1310. The Labute approximate surface area is 209 Å². The molecule has 4 aromatic rings. The van der Waals surface area contributed by atoms with Crippen molar-refractivity contribution < 1.29 is 4.79 Å². The number of nitrogens with zero attached hydrogens (tertiary/aromatic N) is 4. The number of aromatic nitrogens is 3. The van der Waals surface area contributed by atoms with E-state index in [9.17, 15) is 4.79 Å². The largest absolute Gasteiger partial charge is 0.352 e. The second kappa shape index (κ2) is 10.1. The summed E-state index contributed by atoms with van der Waals surface area (Å²) in [6.45, 7) is 2.48. The Kier molecular flexibility index (Phi) is 6.54. The van der Waals surface area contributed by atoms with Crippen LogP contribution in [0.2, 0.25) is 0 Å². The van der Waals surface area contributed by atoms with E-state index in [2.05, 4.69) is 36.1 Å². The highest BCUT2D eigenvalue weighted by Crippen LogP contribution is 2.39. The predicted octanol–water partition coefficient (Wildman–Crippen LogP) is 4.58. The van der Waals surface area contributed by atoms with Gasteiger partial charge in [-0.3, -0.25) is 9.78 Å². The van der Waals surface area contributed by atoms with Gasteiger partial charge in [-0.15, -0.1) is 0 Å². The van der Waals surface area contributed by atoms with Gasteiger partial charge < -0.3 is 20.1 Å². The number of aryl methyl sites for hydroxylation is 1. The molecule has 0 bridgehead atoms. The molecule has 2 N–H and O–H groups in total. The minimum Gasteiger partial charge on any atom is -0.352 e. The van der Waals surface area contributed by atoms with Crippen molar-refractivity contribution in [1.82, 2.24) is 24.8 Å². The molecule has 1 amide bonds. The van der Waals surface area contributed by atoms with Gasteiger partial charge in [0.05, 0.1) is 17.8 Å². The Morgan fingerprint density at radius 2 is 1.77 bits per heavy atom. The fourth-order valence-corrected chi connectivity index (χ4v) is 4.72. The van der Waals surface area contributed by atoms with Crippen LogP contribution in [0, 0.1) is 6.92 Å². The number of pyridine rings is 2. The third-order valence-electron chi connectivity index (χ3n) is 6.09. The van der Waals surface area contributed by atoms with Gasteiger partial charge in [0.2, 0.25) is 5.91 Å². The van der Waals surface area contributed by atoms with Crippen LogP contribution < -0.4 is 10.6 Å². The summed E-state index contributed by atoms with van der Waals surface area (Å²) in [5, 5.41) is 7.03. The number of hydrogen-bond donors (Lipinski definition) is 2. The molecule has 0 unspecified atom stereocenters. The molecule has 5 rings (SSSR count). The molecule has 7 nitrogen and oxygen atoms in total. The zero-order valence-corrected chi connectivity index (χ0v) is 20.2. The maximum Gasteiger partial charge on any atom is 0.226 e. The van der Waals surface area contributed by atoms with Crippen molar-refractivity contribution >= 4 is 28.9 Å². The first-order valence-electron chi connectivity index (χ1n) is 11.5. The SMILES string of the molecule is Cc1ccc(NC(=O)CCN2C(=S)N[C@H](c3ccccn3)[C@H]2c2cccn2-c2ccccn2)cc1. The highest BCUT2D eigenvalue weighted by molar-refractivity contribution is 7.80. The minimum absolute atomic E-state index is 0.0585. The number of hydrogen-bond acceptors (Lipinski definition) is 4. The summed E-state index contributed by atoms with van der Waals surface area (Å²) in [5.74, 6) is 0.763. The fraction of sp³-hybridized carbons (Fsp3) is 0.185. The third-order valence-corrected chi connectivity index (χ3v) is 6.44. The third kappa shape index (κ3) is 4.93. The maximum atomic E-state index is 12.8. The van der Waals surface area contributed by atoms with Crippen LogP contribution in [0.1, 0.15) is 35.5 Å². The lowest BCUT2D eigenvalue weighted by atomic mass is 10.0. The van der Waals surface area contributed by atoms with Crippen LogP contribution in [-0.4, -0.2) is 37.0 Å². The first-order chi connectivity index (χ1) is 17.1. The van der Waals surface area contributed by atoms with Crippen LogP contribution in [-0.2, 0) is 4.79 Å². The summed E-state index contributed by atoms with van der Waals surface area (Å²) in [6, 6.07) is 23.2. The molecule has 1 fully saturated rings. The molecular formula is C27H26N6OS. The fourth-order valence-electron chi connectivity index (χ4n) is 4.39. The molecule has 35 heavy (non-hydrogen) atoms. The van der Waals surface area contributed by atoms with Crippen molar-refractivity contribution in [1.29, 1.82) is 0 Å². The summed E-state index contributed by atoms with van der Waals surface area (Å²) in [5.41, 5.74) is 3.84. The molecule has 3 aromatic heterocycles. The Balaban J connectivity index is 1.42. The molecule has 1 saturated heterocycles. The van der Waals surface area contributed by atoms with E-state index < -0.39 is 0 Å². The molecule has 1 aliphatic rings. The topological polar surface area (TPSA) is 75.1 Å². The number of nitrogens with one attached hydrogen (secondary N) is 2. The lowest BCUT2D eigenvalue weighted by Crippen LogP contribution is -2.33. The zero-order chi connectivity index (χ0) is 24.2. The van der Waals surface area contributed by atoms with Gasteiger partial charge >= 0.3 is 0 Å². The van der Waals surface area contributed by atoms with E-state index in [1.165, 1.54) is 0 Å². The standard InChI is InChI=1S/C27H26N6OS/c1-19-10-12-20(13-11-19)30-24(34)14-18-33-26(25(31-27(33)35)21-7-2-4-15-28-21)22-8-6-17-32(22)23-9-3-5-16-29-23/h2-13,15-17,25-26H,14,18H2,1H3,(H,30,34)(H,31,35)/t25-,26-/m1/s1. The van der Waals surface area contributed by atoms with Crippen LogP contribution in [0.15, 0.2) is 91.4 Å². The number of benzene rings is 1. The van der Waals surface area contributed by atoms with Crippen LogP contribution in [0.25, 0.3) is 5.82 Å². The molecule has 0 spiro atoms. The van der Waals surface area contributed by atoms with Gasteiger partial charge in [-0.05, 0) is 67.7 Å². The highest BCUT2D eigenvalue weighted by Gasteiger charge is 2.41. The van der Waals surface area contributed by atoms with Gasteiger partial charge in [0, 0.05) is 42.9 Å². The number of thiocarbonyl (C=S) groups is 1. The van der Waals surface area contributed by atoms with Crippen LogP contribution in [0.3, 0.4) is 0 Å². The van der Waals surface area contributed by atoms with Gasteiger partial charge in [-0.25, -0.2) is 4.98 Å². The van der Waals surface area contributed by atoms with Crippen molar-refractivity contribution in [3.05, 3.63) is 108 Å². The lowest BCUT2D eigenvalue weighted by molar-refractivity contribution is -0.116. The number of amides is 1. The van der Waals surface area contributed by atoms with Crippen molar-refractivity contribution in [2.45, 2.75) is 25.4 Å². The average Bonchev–Trinajstić information content (AvgIpc) is 3.49. The molecule has 8 heteroatoms. The number of anilines is 1. The van der Waals surface area contributed by atoms with Gasteiger partial charge in [-0.2, -0.15) is 0 Å². The van der Waals surface area contributed by atoms with E-state index in [0.29, 0.717) is 18.1 Å². The van der Waals surface area contributed by atoms with Gasteiger partial charge in [0.15, 0.2) is 5.11 Å². The van der Waals surface area contributed by atoms with E-state index in [-0.39, 0.29) is 18.0 Å². The Morgan fingerprint density at radius 3 is 2.49 bits per heavy atom. The van der Waals surface area contributed by atoms with Crippen molar-refractivity contribution in [3.63, 3.8) is 0 Å². The van der Waals surface area contributed by atoms with Gasteiger partial charge in [-0.1, -0.05) is 29.8 Å². The first kappa shape index (κ1) is 22.7. The van der Waals surface area contributed by atoms with Crippen LogP contribution in [0.5, 0.6) is 0 Å². The Hall–Kier alpha value is -4.04. The summed E-state index contributed by atoms with van der Waals surface area (Å²) >= 11 is 5.76. The van der Waals surface area contributed by atoms with Crippen molar-refractivity contribution in [2.24, 2.45) is 0 Å². The summed E-state index contributed by atoms with van der Waals surface area (Å²) in [6.07, 6.45) is 5.86. The molecule has 0 radical (unpaired) electrons. The van der Waals surface area contributed by atoms with E-state index in [1.807, 2.05) is 79.9 Å². The first-order valence-corrected chi connectivity index (χ1v) is 11.9. The normalized spacial score (nSPS) is 17.3. The summed E-state index contributed by atoms with van der Waals surface area (Å²) in [4.78, 5) is 24.0. The van der Waals surface area contributed by atoms with Crippen LogP contribution >= 0.6 is 12.2 Å². The zero-order valence-electron chi connectivity index (χ0n) is 19.3. The molecule has 4 heterocycles. The van der Waals surface area contributed by atoms with Gasteiger partial charge in [0.25, 0.3) is 0 Å². The van der Waals surface area contributed by atoms with Gasteiger partial charge in [0.1, 0.15) is 5.82 Å². The molecule has 1 aliphatic heterocycles. The van der Waals surface area contributed by atoms with E-state index in [0.717, 1.165) is 28.5 Å². The predicted molar refractivity (Wildman–Crippen MR) is 140 cm³/mol. The quantitative estimate of drug-likeness (QED) is 0.376. The summed E-state index contributed by atoms with van der Waals surface area (Å²) in [7, 11) is 0. The molecule has 2 atom stereocenters. The van der Waals surface area contributed by atoms with E-state index >= 15 is 0 Å². The second-order valence-electron chi connectivity index (χ2n) is 8.48. The maximum absolute atomic E-state index is 12.8. The average molecular weight is 483 g/mol. The van der Waals surface area contributed by atoms with E-state index in [4.69, 9.17) is 12.2 Å². The number of rotatable bonds is 7. The lowest BCUT2D eigenvalue weighted by Gasteiger charge is -2.28. The second-order valence-corrected chi connectivity index (χ2v) is 8.86. The smallest absolute Gasteiger partial charge is 0.226 e. The molecule has 1 aromatic carbocycles. The summed E-state index contributed by atoms with van der Waals surface area (Å²) < 4.78 is 2.07. The number of carbonyl (C=O) groups excluding carboxylic acids is 1. The van der Waals surface area contributed by atoms with Crippen molar-refractivity contribution in [2.75, 3.05) is 11.9 Å². The Morgan fingerprint density at radius 1 is 1.00 bits per heavy atom. The minimum atomic E-state index is -0.166. The monoisotopic (exact) mass is 482 g/mol. The highest BCUT2D eigenvalue weighted by atomic mass is 32.1. The van der Waals surface area contributed by atoms with Crippen molar-refractivity contribution in [3.8, 4) is 5.82 Å². The molecule has 0 saturated carbocycles. The number of carbonyl (C=O) groups is 1. The van der Waals surface area contributed by atoms with Crippen LogP contribution in [0.4, 0.5) is 5.69 Å². The molecular weight excluding hydrogens is 456 g/mol. The molecule has 176 valence electrons.